The Kier molecular flexibility index (Phi) is 5.32. The SMILES string of the molecule is c1ccc(-n2c3ccccc3c3c(-c4nc(-n5c6ccccc6c6cc7ccccc7cc65)c5c(n4)oc4ccccc45)cccc32)cc1. The quantitative estimate of drug-likeness (QED) is 0.196. The Labute approximate surface area is 279 Å². The monoisotopic (exact) mass is 626 g/mol. The number of fused-ring (bicyclic) bond motifs is 10. The topological polar surface area (TPSA) is 48.8 Å². The number of hydrogen-bond acceptors (Lipinski definition) is 3. The van der Waals surface area contributed by atoms with Gasteiger partial charge in [0, 0.05) is 38.2 Å². The largest absolute Gasteiger partial charge is 0.437 e. The first-order chi connectivity index (χ1) is 24.3. The van der Waals surface area contributed by atoms with Gasteiger partial charge in [-0.15, -0.1) is 0 Å². The molecule has 5 nitrogen and oxygen atoms in total. The van der Waals surface area contributed by atoms with Crippen LogP contribution in [-0.4, -0.2) is 19.1 Å². The van der Waals surface area contributed by atoms with E-state index in [0.717, 1.165) is 66.3 Å². The third-order valence-electron chi connectivity index (χ3n) is 9.92. The molecule has 11 aromatic rings. The van der Waals surface area contributed by atoms with Gasteiger partial charge in [0.25, 0.3) is 0 Å². The lowest BCUT2D eigenvalue weighted by Crippen LogP contribution is -2.02. The average Bonchev–Trinajstić information content (AvgIpc) is 3.81. The van der Waals surface area contributed by atoms with Crippen molar-refractivity contribution in [2.24, 2.45) is 0 Å². The summed E-state index contributed by atoms with van der Waals surface area (Å²) < 4.78 is 11.2. The number of nitrogens with zero attached hydrogens (tertiary/aromatic N) is 4. The van der Waals surface area contributed by atoms with E-state index in [9.17, 15) is 0 Å². The van der Waals surface area contributed by atoms with Crippen molar-refractivity contribution in [3.05, 3.63) is 158 Å². The van der Waals surface area contributed by atoms with Crippen LogP contribution in [0.2, 0.25) is 0 Å². The van der Waals surface area contributed by atoms with Gasteiger partial charge in [-0.25, -0.2) is 4.98 Å². The maximum Gasteiger partial charge on any atom is 0.233 e. The second-order valence-corrected chi connectivity index (χ2v) is 12.6. The summed E-state index contributed by atoms with van der Waals surface area (Å²) in [6.45, 7) is 0. The van der Waals surface area contributed by atoms with Crippen LogP contribution in [0.25, 0.3) is 99.3 Å². The van der Waals surface area contributed by atoms with Crippen LogP contribution >= 0.6 is 0 Å². The summed E-state index contributed by atoms with van der Waals surface area (Å²) in [5.41, 5.74) is 7.83. The highest BCUT2D eigenvalue weighted by Crippen LogP contribution is 2.42. The first-order valence-electron chi connectivity index (χ1n) is 16.5. The van der Waals surface area contributed by atoms with E-state index >= 15 is 0 Å². The van der Waals surface area contributed by atoms with Gasteiger partial charge in [-0.05, 0) is 59.3 Å². The zero-order chi connectivity index (χ0) is 32.1. The van der Waals surface area contributed by atoms with Gasteiger partial charge >= 0.3 is 0 Å². The molecule has 0 aliphatic rings. The average molecular weight is 627 g/mol. The molecule has 0 radical (unpaired) electrons. The van der Waals surface area contributed by atoms with Gasteiger partial charge in [-0.1, -0.05) is 109 Å². The van der Waals surface area contributed by atoms with Crippen LogP contribution in [0.15, 0.2) is 162 Å². The minimum absolute atomic E-state index is 0.566. The normalized spacial score (nSPS) is 12.1. The Balaban J connectivity index is 1.30. The van der Waals surface area contributed by atoms with Crippen LogP contribution in [-0.2, 0) is 0 Å². The Morgan fingerprint density at radius 1 is 0.429 bits per heavy atom. The molecule has 0 aliphatic heterocycles. The number of aromatic nitrogens is 4. The van der Waals surface area contributed by atoms with Crippen LogP contribution in [0.1, 0.15) is 0 Å². The number of hydrogen-bond donors (Lipinski definition) is 0. The van der Waals surface area contributed by atoms with Crippen LogP contribution in [0.4, 0.5) is 0 Å². The lowest BCUT2D eigenvalue weighted by atomic mass is 10.1. The predicted molar refractivity (Wildman–Crippen MR) is 201 cm³/mol. The maximum atomic E-state index is 6.55. The van der Waals surface area contributed by atoms with Crippen molar-refractivity contribution < 1.29 is 4.42 Å². The molecule has 0 bridgehead atoms. The highest BCUT2D eigenvalue weighted by atomic mass is 16.3. The van der Waals surface area contributed by atoms with E-state index in [0.29, 0.717) is 11.5 Å². The Morgan fingerprint density at radius 3 is 1.92 bits per heavy atom. The number of para-hydroxylation sites is 4. The van der Waals surface area contributed by atoms with E-state index in [-0.39, 0.29) is 0 Å². The van der Waals surface area contributed by atoms with E-state index in [1.54, 1.807) is 0 Å². The molecule has 0 saturated carbocycles. The zero-order valence-electron chi connectivity index (χ0n) is 26.2. The summed E-state index contributed by atoms with van der Waals surface area (Å²) in [6.07, 6.45) is 0. The molecule has 0 spiro atoms. The molecule has 0 aliphatic carbocycles. The van der Waals surface area contributed by atoms with Gasteiger partial charge in [-0.3, -0.25) is 4.57 Å². The summed E-state index contributed by atoms with van der Waals surface area (Å²) in [4.78, 5) is 10.7. The molecule has 5 heteroatoms. The van der Waals surface area contributed by atoms with Gasteiger partial charge in [0.1, 0.15) is 5.58 Å². The number of rotatable bonds is 3. The molecule has 0 fully saturated rings. The van der Waals surface area contributed by atoms with Crippen LogP contribution < -0.4 is 0 Å². The minimum atomic E-state index is 0.566. The third-order valence-corrected chi connectivity index (χ3v) is 9.92. The second kappa shape index (κ2) is 9.89. The van der Waals surface area contributed by atoms with E-state index in [4.69, 9.17) is 14.4 Å². The molecule has 4 aromatic heterocycles. The van der Waals surface area contributed by atoms with E-state index in [1.165, 1.54) is 21.5 Å². The molecule has 4 heterocycles. The van der Waals surface area contributed by atoms with Crippen LogP contribution in [0.3, 0.4) is 0 Å². The zero-order valence-corrected chi connectivity index (χ0v) is 26.2. The van der Waals surface area contributed by atoms with Gasteiger partial charge < -0.3 is 8.98 Å². The van der Waals surface area contributed by atoms with E-state index < -0.39 is 0 Å². The Hall–Kier alpha value is -6.72. The van der Waals surface area contributed by atoms with Crippen molar-refractivity contribution in [3.8, 4) is 22.9 Å². The third kappa shape index (κ3) is 3.70. The van der Waals surface area contributed by atoms with Gasteiger partial charge in [0.05, 0.1) is 27.5 Å². The fraction of sp³-hybridized carbons (Fsp3) is 0. The molecule has 7 aromatic carbocycles. The molecular weight excluding hydrogens is 601 g/mol. The molecule has 0 amide bonds. The first-order valence-corrected chi connectivity index (χ1v) is 16.5. The number of furan rings is 1. The van der Waals surface area contributed by atoms with E-state index in [1.807, 2.05) is 18.2 Å². The predicted octanol–water partition coefficient (Wildman–Crippen LogP) is 11.4. The summed E-state index contributed by atoms with van der Waals surface area (Å²) in [6, 6.07) is 55.4. The van der Waals surface area contributed by atoms with Crippen molar-refractivity contribution in [2.75, 3.05) is 0 Å². The molecule has 49 heavy (non-hydrogen) atoms. The van der Waals surface area contributed by atoms with Gasteiger partial charge in [0.2, 0.25) is 5.71 Å². The summed E-state index contributed by atoms with van der Waals surface area (Å²) in [5, 5.41) is 8.90. The molecule has 0 saturated heterocycles. The van der Waals surface area contributed by atoms with Gasteiger partial charge in [-0.2, -0.15) is 4.98 Å². The maximum absolute atomic E-state index is 6.55. The molecule has 11 rings (SSSR count). The smallest absolute Gasteiger partial charge is 0.233 e. The van der Waals surface area contributed by atoms with Crippen molar-refractivity contribution in [3.63, 3.8) is 0 Å². The van der Waals surface area contributed by atoms with Crippen LogP contribution in [0, 0.1) is 0 Å². The summed E-state index contributed by atoms with van der Waals surface area (Å²) >= 11 is 0. The highest BCUT2D eigenvalue weighted by Gasteiger charge is 2.24. The van der Waals surface area contributed by atoms with Crippen molar-refractivity contribution in [2.45, 2.75) is 0 Å². The molecule has 0 unspecified atom stereocenters. The van der Waals surface area contributed by atoms with Crippen LogP contribution in [0.5, 0.6) is 0 Å². The highest BCUT2D eigenvalue weighted by molar-refractivity contribution is 6.18. The Bertz CT molecular complexity index is 3110. The fourth-order valence-electron chi connectivity index (χ4n) is 7.83. The molecule has 0 atom stereocenters. The molecular formula is C44H26N4O. The standard InChI is InChI=1S/C44H26N4O/c1-2-15-29(16-3-1)47-36-22-10-7-18-31(36)40-33(20-12-23-37(40)47)42-45-43(41-32-19-8-11-24-39(32)49-44(41)46-42)48-35-21-9-6-17-30(35)34-25-27-13-4-5-14-28(27)26-38(34)48/h1-26H. The van der Waals surface area contributed by atoms with E-state index in [2.05, 4.69) is 149 Å². The second-order valence-electron chi connectivity index (χ2n) is 12.6. The van der Waals surface area contributed by atoms with Crippen molar-refractivity contribution in [1.82, 2.24) is 19.1 Å². The Morgan fingerprint density at radius 2 is 1.08 bits per heavy atom. The first kappa shape index (κ1) is 26.4. The molecule has 228 valence electrons. The lowest BCUT2D eigenvalue weighted by Gasteiger charge is -2.12. The summed E-state index contributed by atoms with van der Waals surface area (Å²) in [7, 11) is 0. The number of benzene rings is 7. The lowest BCUT2D eigenvalue weighted by molar-refractivity contribution is 0.653. The minimum Gasteiger partial charge on any atom is -0.437 e. The molecule has 0 N–H and O–H groups in total. The van der Waals surface area contributed by atoms with Crippen molar-refractivity contribution in [1.29, 1.82) is 0 Å². The van der Waals surface area contributed by atoms with Crippen molar-refractivity contribution >= 4 is 76.5 Å². The fourth-order valence-corrected chi connectivity index (χ4v) is 7.83. The summed E-state index contributed by atoms with van der Waals surface area (Å²) in [5.74, 6) is 1.42. The van der Waals surface area contributed by atoms with Gasteiger partial charge in [0.15, 0.2) is 11.6 Å².